The summed E-state index contributed by atoms with van der Waals surface area (Å²) in [6.45, 7) is 2.93. The zero-order valence-corrected chi connectivity index (χ0v) is 16.0. The van der Waals surface area contributed by atoms with Crippen molar-refractivity contribution in [3.63, 3.8) is 0 Å². The molecule has 0 aliphatic rings. The number of ether oxygens (including phenoxy) is 1. The minimum Gasteiger partial charge on any atom is -0.454 e. The van der Waals surface area contributed by atoms with E-state index in [1.165, 1.54) is 24.3 Å². The number of nitro groups is 1. The second kappa shape index (κ2) is 9.98. The highest BCUT2D eigenvalue weighted by molar-refractivity contribution is 5.97. The Hall–Kier alpha value is -3.75. The fraction of sp³-hybridized carbons (Fsp3) is 0.250. The van der Waals surface area contributed by atoms with Gasteiger partial charge in [-0.2, -0.15) is 0 Å². The lowest BCUT2D eigenvalue weighted by molar-refractivity contribution is -0.384. The van der Waals surface area contributed by atoms with Crippen LogP contribution in [0.25, 0.3) is 0 Å². The summed E-state index contributed by atoms with van der Waals surface area (Å²) < 4.78 is 5.02. The van der Waals surface area contributed by atoms with E-state index in [4.69, 9.17) is 4.74 Å². The van der Waals surface area contributed by atoms with Crippen molar-refractivity contribution in [2.75, 3.05) is 11.9 Å². The van der Waals surface area contributed by atoms with Crippen molar-refractivity contribution < 1.29 is 24.0 Å². The molecule has 2 N–H and O–H groups in total. The highest BCUT2D eigenvalue weighted by Crippen LogP contribution is 2.15. The van der Waals surface area contributed by atoms with Gasteiger partial charge in [0.15, 0.2) is 6.61 Å². The predicted octanol–water partition coefficient (Wildman–Crippen LogP) is 2.53. The summed E-state index contributed by atoms with van der Waals surface area (Å²) in [5, 5.41) is 15.7. The Bertz CT molecular complexity index is 881. The molecule has 0 fully saturated rings. The average Bonchev–Trinajstić information content (AvgIpc) is 2.70. The predicted molar refractivity (Wildman–Crippen MR) is 105 cm³/mol. The van der Waals surface area contributed by atoms with Crippen LogP contribution >= 0.6 is 0 Å². The summed E-state index contributed by atoms with van der Waals surface area (Å²) in [6.07, 6.45) is 0. The van der Waals surface area contributed by atoms with Crippen molar-refractivity contribution in [2.45, 2.75) is 19.9 Å². The van der Waals surface area contributed by atoms with Crippen LogP contribution in [0.4, 0.5) is 11.4 Å². The number of amides is 2. The molecule has 152 valence electrons. The number of nitrogens with zero attached hydrogens (tertiary/aromatic N) is 1. The summed E-state index contributed by atoms with van der Waals surface area (Å²) in [5.74, 6) is -2.02. The Morgan fingerprint density at radius 1 is 1.03 bits per heavy atom. The first-order valence-electron chi connectivity index (χ1n) is 8.84. The van der Waals surface area contributed by atoms with Gasteiger partial charge >= 0.3 is 5.97 Å². The van der Waals surface area contributed by atoms with Gasteiger partial charge < -0.3 is 15.4 Å². The van der Waals surface area contributed by atoms with Gasteiger partial charge in [-0.15, -0.1) is 0 Å². The molecule has 0 unspecified atom stereocenters. The van der Waals surface area contributed by atoms with Crippen LogP contribution in [-0.2, 0) is 14.3 Å². The van der Waals surface area contributed by atoms with Crippen molar-refractivity contribution >= 4 is 29.2 Å². The molecule has 29 heavy (non-hydrogen) atoms. The van der Waals surface area contributed by atoms with E-state index in [1.807, 2.05) is 0 Å². The molecule has 2 rings (SSSR count). The van der Waals surface area contributed by atoms with Gasteiger partial charge in [-0.05, 0) is 30.2 Å². The summed E-state index contributed by atoms with van der Waals surface area (Å²) in [7, 11) is 0. The van der Waals surface area contributed by atoms with Gasteiger partial charge in [0.25, 0.3) is 17.5 Å². The van der Waals surface area contributed by atoms with Gasteiger partial charge in [0.05, 0.1) is 4.92 Å². The zero-order valence-electron chi connectivity index (χ0n) is 16.0. The van der Waals surface area contributed by atoms with Crippen molar-refractivity contribution in [3.8, 4) is 0 Å². The van der Waals surface area contributed by atoms with Crippen molar-refractivity contribution in [1.29, 1.82) is 0 Å². The second-order valence-corrected chi connectivity index (χ2v) is 6.52. The molecular formula is C20H21N3O6. The molecule has 0 radical (unpaired) electrons. The van der Waals surface area contributed by atoms with Crippen molar-refractivity contribution in [1.82, 2.24) is 5.32 Å². The van der Waals surface area contributed by atoms with E-state index in [0.29, 0.717) is 11.3 Å². The minimum absolute atomic E-state index is 0.108. The number of carbonyl (C=O) groups excluding carboxylic acids is 3. The summed E-state index contributed by atoms with van der Waals surface area (Å²) >= 11 is 0. The highest BCUT2D eigenvalue weighted by Gasteiger charge is 2.26. The van der Waals surface area contributed by atoms with Crippen LogP contribution in [0.1, 0.15) is 24.2 Å². The normalized spacial score (nSPS) is 11.4. The molecule has 0 bridgehead atoms. The number of hydrogen-bond acceptors (Lipinski definition) is 6. The van der Waals surface area contributed by atoms with Crippen LogP contribution in [0.5, 0.6) is 0 Å². The van der Waals surface area contributed by atoms with Gasteiger partial charge in [-0.3, -0.25) is 19.7 Å². The molecule has 0 saturated heterocycles. The lowest BCUT2D eigenvalue weighted by Gasteiger charge is -2.20. The average molecular weight is 399 g/mol. The smallest absolute Gasteiger partial charge is 0.329 e. The number of nitrogens with one attached hydrogen (secondary N) is 2. The number of nitro benzene ring substituents is 1. The first-order chi connectivity index (χ1) is 13.8. The second-order valence-electron chi connectivity index (χ2n) is 6.52. The van der Waals surface area contributed by atoms with E-state index in [0.717, 1.165) is 0 Å². The molecule has 9 nitrogen and oxygen atoms in total. The van der Waals surface area contributed by atoms with E-state index in [2.05, 4.69) is 10.6 Å². The number of esters is 1. The first-order valence-corrected chi connectivity index (χ1v) is 8.84. The molecular weight excluding hydrogens is 378 g/mol. The fourth-order valence-electron chi connectivity index (χ4n) is 2.40. The number of non-ortho nitro benzene ring substituents is 1. The lowest BCUT2D eigenvalue weighted by Crippen LogP contribution is -2.45. The Balaban J connectivity index is 1.89. The highest BCUT2D eigenvalue weighted by atomic mass is 16.6. The maximum atomic E-state index is 12.3. The molecule has 0 heterocycles. The number of anilines is 1. The van der Waals surface area contributed by atoms with Gasteiger partial charge in [0.2, 0.25) is 0 Å². The third-order valence-corrected chi connectivity index (χ3v) is 3.95. The first kappa shape index (κ1) is 21.5. The molecule has 9 heteroatoms. The Kier molecular flexibility index (Phi) is 7.41. The molecule has 0 aliphatic heterocycles. The minimum atomic E-state index is -0.921. The summed E-state index contributed by atoms with van der Waals surface area (Å²) in [4.78, 5) is 46.6. The SMILES string of the molecule is CC(C)[C@@H](NC(=O)c1ccccc1)C(=O)OCC(=O)Nc1ccc([N+](=O)[O-])cc1. The van der Waals surface area contributed by atoms with Crippen molar-refractivity contribution in [2.24, 2.45) is 5.92 Å². The number of benzene rings is 2. The molecule has 0 aliphatic carbocycles. The van der Waals surface area contributed by atoms with E-state index in [1.54, 1.807) is 44.2 Å². The zero-order chi connectivity index (χ0) is 21.4. The van der Waals surface area contributed by atoms with Crippen LogP contribution < -0.4 is 10.6 Å². The molecule has 2 aromatic carbocycles. The van der Waals surface area contributed by atoms with E-state index in [-0.39, 0.29) is 11.6 Å². The molecule has 2 amide bonds. The molecule has 1 atom stereocenters. The third-order valence-electron chi connectivity index (χ3n) is 3.95. The number of carbonyl (C=O) groups is 3. The lowest BCUT2D eigenvalue weighted by atomic mass is 10.0. The largest absolute Gasteiger partial charge is 0.454 e. The van der Waals surface area contributed by atoms with Crippen LogP contribution in [0.3, 0.4) is 0 Å². The maximum absolute atomic E-state index is 12.3. The van der Waals surface area contributed by atoms with Crippen LogP contribution in [0, 0.1) is 16.0 Å². The molecule has 2 aromatic rings. The monoisotopic (exact) mass is 399 g/mol. The van der Waals surface area contributed by atoms with Crippen LogP contribution in [0.2, 0.25) is 0 Å². The Labute approximate surface area is 167 Å². The fourth-order valence-corrected chi connectivity index (χ4v) is 2.40. The number of rotatable bonds is 8. The van der Waals surface area contributed by atoms with Crippen LogP contribution in [0.15, 0.2) is 54.6 Å². The van der Waals surface area contributed by atoms with Crippen molar-refractivity contribution in [3.05, 3.63) is 70.3 Å². The van der Waals surface area contributed by atoms with Gasteiger partial charge in [0, 0.05) is 23.4 Å². The molecule has 0 aromatic heterocycles. The third kappa shape index (κ3) is 6.42. The molecule has 0 saturated carbocycles. The van der Waals surface area contributed by atoms with Gasteiger partial charge in [-0.1, -0.05) is 32.0 Å². The Morgan fingerprint density at radius 2 is 1.66 bits per heavy atom. The topological polar surface area (TPSA) is 128 Å². The van der Waals surface area contributed by atoms with E-state index >= 15 is 0 Å². The van der Waals surface area contributed by atoms with E-state index in [9.17, 15) is 24.5 Å². The number of hydrogen-bond donors (Lipinski definition) is 2. The quantitative estimate of drug-likeness (QED) is 0.399. The summed E-state index contributed by atoms with van der Waals surface area (Å²) in [6, 6.07) is 12.7. The van der Waals surface area contributed by atoms with E-state index < -0.39 is 35.4 Å². The van der Waals surface area contributed by atoms with Crippen LogP contribution in [-0.4, -0.2) is 35.4 Å². The summed E-state index contributed by atoms with van der Waals surface area (Å²) in [5.41, 5.74) is 0.625. The Morgan fingerprint density at radius 3 is 2.21 bits per heavy atom. The van der Waals surface area contributed by atoms with Gasteiger partial charge in [-0.25, -0.2) is 4.79 Å². The molecule has 0 spiro atoms. The maximum Gasteiger partial charge on any atom is 0.329 e. The van der Waals surface area contributed by atoms with Gasteiger partial charge in [0.1, 0.15) is 6.04 Å². The standard InChI is InChI=1S/C20H21N3O6/c1-13(2)18(22-19(25)14-6-4-3-5-7-14)20(26)29-12-17(24)21-15-8-10-16(11-9-15)23(27)28/h3-11,13,18H,12H2,1-2H3,(H,21,24)(H,22,25)/t18-/m1/s1.